The number of aryl methyl sites for hydroxylation is 1. The maximum Gasteiger partial charge on any atom is 0.159 e. The van der Waals surface area contributed by atoms with Gasteiger partial charge < -0.3 is 4.74 Å². The summed E-state index contributed by atoms with van der Waals surface area (Å²) >= 11 is 6.25. The van der Waals surface area contributed by atoms with Crippen LogP contribution >= 0.6 is 11.6 Å². The van der Waals surface area contributed by atoms with Crippen LogP contribution in [0.3, 0.4) is 0 Å². The van der Waals surface area contributed by atoms with Gasteiger partial charge in [-0.05, 0) is 25.7 Å². The topological polar surface area (TPSA) is 27.1 Å². The van der Waals surface area contributed by atoms with Gasteiger partial charge in [0, 0.05) is 11.9 Å². The van der Waals surface area contributed by atoms with E-state index in [0.717, 1.165) is 44.4 Å². The summed E-state index contributed by atoms with van der Waals surface area (Å²) in [6.45, 7) is 5.26. The zero-order valence-electron chi connectivity index (χ0n) is 11.1. The van der Waals surface area contributed by atoms with Gasteiger partial charge in [-0.3, -0.25) is 4.68 Å². The molecule has 17 heavy (non-hydrogen) atoms. The number of halogens is 1. The lowest BCUT2D eigenvalue weighted by atomic mass is 10.1. The second kappa shape index (κ2) is 7.59. The molecule has 0 aliphatic carbocycles. The Hall–Kier alpha value is -0.700. The van der Waals surface area contributed by atoms with Gasteiger partial charge in [0.15, 0.2) is 5.75 Å². The predicted molar refractivity (Wildman–Crippen MR) is 71.9 cm³/mol. The molecule has 0 saturated heterocycles. The fraction of sp³-hybridized carbons (Fsp3) is 0.769. The highest BCUT2D eigenvalue weighted by atomic mass is 35.5. The molecule has 0 saturated carbocycles. The van der Waals surface area contributed by atoms with Crippen molar-refractivity contribution in [2.24, 2.45) is 0 Å². The van der Waals surface area contributed by atoms with E-state index in [1.165, 1.54) is 5.69 Å². The Kier molecular flexibility index (Phi) is 6.41. The van der Waals surface area contributed by atoms with Gasteiger partial charge in [-0.15, -0.1) is 11.6 Å². The summed E-state index contributed by atoms with van der Waals surface area (Å²) < 4.78 is 7.37. The average molecular weight is 259 g/mol. The molecule has 4 heteroatoms. The van der Waals surface area contributed by atoms with Crippen molar-refractivity contribution in [3.05, 3.63) is 11.9 Å². The van der Waals surface area contributed by atoms with Crippen molar-refractivity contribution in [2.75, 3.05) is 7.11 Å². The molecule has 0 amide bonds. The first-order valence-corrected chi connectivity index (χ1v) is 6.89. The molecule has 3 nitrogen and oxygen atoms in total. The van der Waals surface area contributed by atoms with E-state index >= 15 is 0 Å². The van der Waals surface area contributed by atoms with Crippen LogP contribution < -0.4 is 4.74 Å². The van der Waals surface area contributed by atoms with Crippen LogP contribution in [-0.2, 0) is 13.0 Å². The zero-order valence-corrected chi connectivity index (χ0v) is 11.8. The molecule has 1 rings (SSSR count). The zero-order chi connectivity index (χ0) is 12.7. The molecule has 0 spiro atoms. The number of aromatic nitrogens is 2. The van der Waals surface area contributed by atoms with Gasteiger partial charge in [0.1, 0.15) is 0 Å². The molecule has 1 unspecified atom stereocenters. The van der Waals surface area contributed by atoms with E-state index in [1.54, 1.807) is 13.3 Å². The number of methoxy groups -OCH3 is 1. The second-order valence-electron chi connectivity index (χ2n) is 4.31. The highest BCUT2D eigenvalue weighted by Crippen LogP contribution is 2.22. The number of hydrogen-bond donors (Lipinski definition) is 0. The quantitative estimate of drug-likeness (QED) is 0.666. The van der Waals surface area contributed by atoms with Gasteiger partial charge >= 0.3 is 0 Å². The monoisotopic (exact) mass is 258 g/mol. The Morgan fingerprint density at radius 2 is 2.12 bits per heavy atom. The summed E-state index contributed by atoms with van der Waals surface area (Å²) in [5.74, 6) is 0.888. The van der Waals surface area contributed by atoms with E-state index in [0.29, 0.717) is 0 Å². The maximum atomic E-state index is 6.25. The van der Waals surface area contributed by atoms with E-state index < -0.39 is 0 Å². The van der Waals surface area contributed by atoms with Gasteiger partial charge in [-0.1, -0.05) is 20.3 Å². The van der Waals surface area contributed by atoms with Crippen LogP contribution in [0.1, 0.15) is 45.2 Å². The highest BCUT2D eigenvalue weighted by Gasteiger charge is 2.13. The molecule has 98 valence electrons. The average Bonchev–Trinajstić information content (AvgIpc) is 2.70. The lowest BCUT2D eigenvalue weighted by Gasteiger charge is -2.11. The largest absolute Gasteiger partial charge is 0.493 e. The fourth-order valence-electron chi connectivity index (χ4n) is 1.97. The van der Waals surface area contributed by atoms with Crippen molar-refractivity contribution < 1.29 is 4.74 Å². The minimum Gasteiger partial charge on any atom is -0.493 e. The normalized spacial score (nSPS) is 12.7. The Balaban J connectivity index is 2.63. The van der Waals surface area contributed by atoms with Gasteiger partial charge in [0.25, 0.3) is 0 Å². The summed E-state index contributed by atoms with van der Waals surface area (Å²) in [5.41, 5.74) is 1.18. The summed E-state index contributed by atoms with van der Waals surface area (Å²) in [7, 11) is 1.70. The van der Waals surface area contributed by atoms with E-state index in [2.05, 4.69) is 18.9 Å². The number of nitrogens with zero attached hydrogens (tertiary/aromatic N) is 2. The van der Waals surface area contributed by atoms with Crippen molar-refractivity contribution in [1.29, 1.82) is 0 Å². The molecule has 1 atom stereocenters. The Labute approximate surface area is 109 Å². The summed E-state index contributed by atoms with van der Waals surface area (Å²) in [5, 5.41) is 4.61. The summed E-state index contributed by atoms with van der Waals surface area (Å²) in [6.07, 6.45) is 7.02. The first kappa shape index (κ1) is 14.4. The molecule has 0 aliphatic heterocycles. The van der Waals surface area contributed by atoms with Gasteiger partial charge in [0.2, 0.25) is 0 Å². The standard InChI is InChI=1S/C13H23ClN2O/c1-4-6-11(14)7-8-12-13(17-3)10-15-16(12)9-5-2/h10-11H,4-9H2,1-3H3. The molecule has 0 aromatic carbocycles. The number of ether oxygens (including phenoxy) is 1. The van der Waals surface area contributed by atoms with Crippen LogP contribution in [0.2, 0.25) is 0 Å². The van der Waals surface area contributed by atoms with Crippen LogP contribution in [0.4, 0.5) is 0 Å². The van der Waals surface area contributed by atoms with Gasteiger partial charge in [-0.2, -0.15) is 5.10 Å². The third kappa shape index (κ3) is 4.23. The molecule has 0 radical (unpaired) electrons. The van der Waals surface area contributed by atoms with Crippen LogP contribution in [0.25, 0.3) is 0 Å². The van der Waals surface area contributed by atoms with Crippen LogP contribution in [0, 0.1) is 0 Å². The van der Waals surface area contributed by atoms with E-state index in [4.69, 9.17) is 16.3 Å². The first-order valence-electron chi connectivity index (χ1n) is 6.45. The summed E-state index contributed by atoms with van der Waals surface area (Å²) in [6, 6.07) is 0. The van der Waals surface area contributed by atoms with Gasteiger partial charge in [0.05, 0.1) is 19.0 Å². The molecule has 0 aliphatic rings. The van der Waals surface area contributed by atoms with E-state index in [1.807, 2.05) is 4.68 Å². The smallest absolute Gasteiger partial charge is 0.159 e. The highest BCUT2D eigenvalue weighted by molar-refractivity contribution is 6.20. The molecule has 0 fully saturated rings. The minimum atomic E-state index is 0.259. The van der Waals surface area contributed by atoms with Crippen molar-refractivity contribution in [3.63, 3.8) is 0 Å². The summed E-state index contributed by atoms with van der Waals surface area (Å²) in [4.78, 5) is 0. The Morgan fingerprint density at radius 3 is 2.71 bits per heavy atom. The van der Waals surface area contributed by atoms with Gasteiger partial charge in [-0.25, -0.2) is 0 Å². The fourth-order valence-corrected chi connectivity index (χ4v) is 2.30. The lowest BCUT2D eigenvalue weighted by molar-refractivity contribution is 0.405. The molecule has 0 bridgehead atoms. The Morgan fingerprint density at radius 1 is 1.35 bits per heavy atom. The molecule has 1 aromatic heterocycles. The van der Waals surface area contributed by atoms with Crippen molar-refractivity contribution in [3.8, 4) is 5.75 Å². The Bertz CT molecular complexity index is 325. The van der Waals surface area contributed by atoms with Crippen molar-refractivity contribution >= 4 is 11.6 Å². The second-order valence-corrected chi connectivity index (χ2v) is 4.92. The number of alkyl halides is 1. The molecule has 1 aromatic rings. The SMILES string of the molecule is CCCC(Cl)CCc1c(OC)cnn1CCC. The molecule has 1 heterocycles. The van der Waals surface area contributed by atoms with Crippen molar-refractivity contribution in [1.82, 2.24) is 9.78 Å². The lowest BCUT2D eigenvalue weighted by Crippen LogP contribution is -2.08. The number of rotatable bonds is 8. The predicted octanol–water partition coefficient (Wildman–Crippen LogP) is 3.64. The third-order valence-electron chi connectivity index (χ3n) is 2.86. The third-order valence-corrected chi connectivity index (χ3v) is 3.30. The first-order chi connectivity index (χ1) is 8.22. The van der Waals surface area contributed by atoms with E-state index in [9.17, 15) is 0 Å². The molecule has 0 N–H and O–H groups in total. The van der Waals surface area contributed by atoms with Crippen LogP contribution in [0.5, 0.6) is 5.75 Å². The van der Waals surface area contributed by atoms with Crippen molar-refractivity contribution in [2.45, 2.75) is 57.9 Å². The van der Waals surface area contributed by atoms with Crippen LogP contribution in [0.15, 0.2) is 6.20 Å². The maximum absolute atomic E-state index is 6.25. The van der Waals surface area contributed by atoms with E-state index in [-0.39, 0.29) is 5.38 Å². The number of hydrogen-bond acceptors (Lipinski definition) is 2. The molecular formula is C13H23ClN2O. The van der Waals surface area contributed by atoms with Crippen LogP contribution in [-0.4, -0.2) is 22.3 Å². The molecular weight excluding hydrogens is 236 g/mol. The minimum absolute atomic E-state index is 0.259.